The van der Waals surface area contributed by atoms with Crippen LogP contribution in [-0.4, -0.2) is 0 Å². The predicted octanol–water partition coefficient (Wildman–Crippen LogP) is 3.45. The molecule has 62 valence electrons. The molecular formula is C10H15Cl. The van der Waals surface area contributed by atoms with Gasteiger partial charge in [-0.15, -0.1) is 12.4 Å². The standard InChI is InChI=1S/C10H14.ClH/c1-2-3-7-10-8-5-4-6-9-10;/h4-6,8-9H,2-3,7H2,1H3;1H. The lowest BCUT2D eigenvalue weighted by Gasteiger charge is -1.96. The van der Waals surface area contributed by atoms with Gasteiger partial charge in [0.25, 0.3) is 0 Å². The average molecular weight is 171 g/mol. The predicted molar refractivity (Wildman–Crippen MR) is 52.3 cm³/mol. The van der Waals surface area contributed by atoms with Crippen LogP contribution in [0.15, 0.2) is 30.3 Å². The quantitative estimate of drug-likeness (QED) is 0.652. The number of rotatable bonds is 3. The van der Waals surface area contributed by atoms with E-state index in [0.717, 1.165) is 0 Å². The van der Waals surface area contributed by atoms with Crippen molar-refractivity contribution in [1.29, 1.82) is 0 Å². The van der Waals surface area contributed by atoms with E-state index in [9.17, 15) is 0 Å². The number of aryl methyl sites for hydroxylation is 1. The average Bonchev–Trinajstić information content (AvgIpc) is 2.03. The third-order valence-corrected chi connectivity index (χ3v) is 1.66. The Morgan fingerprint density at radius 3 is 2.27 bits per heavy atom. The van der Waals surface area contributed by atoms with E-state index in [1.807, 2.05) is 0 Å². The van der Waals surface area contributed by atoms with Gasteiger partial charge < -0.3 is 0 Å². The fourth-order valence-corrected chi connectivity index (χ4v) is 1.03. The summed E-state index contributed by atoms with van der Waals surface area (Å²) >= 11 is 0. The van der Waals surface area contributed by atoms with Crippen molar-refractivity contribution in [2.45, 2.75) is 26.2 Å². The van der Waals surface area contributed by atoms with Crippen LogP contribution in [0, 0.1) is 0 Å². The van der Waals surface area contributed by atoms with Crippen molar-refractivity contribution in [3.8, 4) is 0 Å². The molecule has 0 fully saturated rings. The lowest BCUT2D eigenvalue weighted by molar-refractivity contribution is 0.795. The van der Waals surface area contributed by atoms with Gasteiger partial charge in [-0.05, 0) is 18.4 Å². The molecule has 0 bridgehead atoms. The van der Waals surface area contributed by atoms with Crippen molar-refractivity contribution in [3.05, 3.63) is 35.9 Å². The molecule has 1 aromatic carbocycles. The van der Waals surface area contributed by atoms with Crippen LogP contribution in [0.3, 0.4) is 0 Å². The van der Waals surface area contributed by atoms with Gasteiger partial charge in [-0.2, -0.15) is 0 Å². The van der Waals surface area contributed by atoms with E-state index in [1.165, 1.54) is 24.8 Å². The van der Waals surface area contributed by atoms with Crippen LogP contribution in [0.1, 0.15) is 25.3 Å². The van der Waals surface area contributed by atoms with E-state index in [4.69, 9.17) is 0 Å². The maximum atomic E-state index is 2.23. The Bertz CT molecular complexity index is 169. The van der Waals surface area contributed by atoms with Gasteiger partial charge in [0.2, 0.25) is 0 Å². The Morgan fingerprint density at radius 2 is 1.73 bits per heavy atom. The van der Waals surface area contributed by atoms with E-state index >= 15 is 0 Å². The molecule has 1 rings (SSSR count). The summed E-state index contributed by atoms with van der Waals surface area (Å²) in [5.74, 6) is 0. The lowest BCUT2D eigenvalue weighted by atomic mass is 10.1. The van der Waals surface area contributed by atoms with Gasteiger partial charge in [-0.1, -0.05) is 43.7 Å². The van der Waals surface area contributed by atoms with Gasteiger partial charge in [0.15, 0.2) is 0 Å². The molecule has 1 aromatic rings. The molecule has 0 radical (unpaired) electrons. The maximum absolute atomic E-state index is 2.23. The first-order valence-electron chi connectivity index (χ1n) is 3.97. The zero-order valence-corrected chi connectivity index (χ0v) is 7.73. The molecule has 0 N–H and O–H groups in total. The van der Waals surface area contributed by atoms with Crippen molar-refractivity contribution in [1.82, 2.24) is 0 Å². The van der Waals surface area contributed by atoms with E-state index in [1.54, 1.807) is 0 Å². The van der Waals surface area contributed by atoms with Crippen LogP contribution in [0.25, 0.3) is 0 Å². The third kappa shape index (κ3) is 4.05. The largest absolute Gasteiger partial charge is 0.147 e. The van der Waals surface area contributed by atoms with Crippen LogP contribution >= 0.6 is 12.4 Å². The van der Waals surface area contributed by atoms with Gasteiger partial charge in [-0.25, -0.2) is 0 Å². The Balaban J connectivity index is 0.000001000. The minimum Gasteiger partial charge on any atom is -0.147 e. The number of hydrogen-bond acceptors (Lipinski definition) is 0. The highest BCUT2D eigenvalue weighted by atomic mass is 35.5. The molecule has 0 saturated heterocycles. The summed E-state index contributed by atoms with van der Waals surface area (Å²) < 4.78 is 0. The topological polar surface area (TPSA) is 0 Å². The minimum atomic E-state index is 0. The molecule has 1 heteroatoms. The Morgan fingerprint density at radius 1 is 1.09 bits per heavy atom. The molecule has 0 heterocycles. The van der Waals surface area contributed by atoms with E-state index in [0.29, 0.717) is 0 Å². The van der Waals surface area contributed by atoms with Crippen molar-refractivity contribution in [2.75, 3.05) is 0 Å². The molecule has 0 aromatic heterocycles. The van der Waals surface area contributed by atoms with Crippen LogP contribution in [-0.2, 0) is 6.42 Å². The smallest absolute Gasteiger partial charge is 0.0279 e. The molecule has 0 aliphatic heterocycles. The van der Waals surface area contributed by atoms with Crippen molar-refractivity contribution >= 4 is 12.4 Å². The van der Waals surface area contributed by atoms with Gasteiger partial charge in [0, 0.05) is 0 Å². The molecule has 0 aliphatic rings. The van der Waals surface area contributed by atoms with Crippen molar-refractivity contribution in [2.24, 2.45) is 0 Å². The Hall–Kier alpha value is -0.490. The summed E-state index contributed by atoms with van der Waals surface area (Å²) in [4.78, 5) is 0. The summed E-state index contributed by atoms with van der Waals surface area (Å²) in [6.07, 6.45) is 3.83. The van der Waals surface area contributed by atoms with Gasteiger partial charge in [0.05, 0.1) is 0 Å². The molecule has 0 aliphatic carbocycles. The number of benzene rings is 1. The summed E-state index contributed by atoms with van der Waals surface area (Å²) in [7, 11) is 0. The first-order chi connectivity index (χ1) is 4.93. The first-order valence-corrected chi connectivity index (χ1v) is 3.97. The molecular weight excluding hydrogens is 156 g/mol. The molecule has 0 saturated carbocycles. The number of hydrogen-bond donors (Lipinski definition) is 0. The number of halogens is 1. The maximum Gasteiger partial charge on any atom is -0.0279 e. The van der Waals surface area contributed by atoms with E-state index < -0.39 is 0 Å². The lowest BCUT2D eigenvalue weighted by Crippen LogP contribution is -1.81. The van der Waals surface area contributed by atoms with E-state index in [-0.39, 0.29) is 12.4 Å². The molecule has 11 heavy (non-hydrogen) atoms. The van der Waals surface area contributed by atoms with Crippen LogP contribution in [0.5, 0.6) is 0 Å². The Kier molecular flexibility index (Phi) is 5.96. The summed E-state index contributed by atoms with van der Waals surface area (Å²) in [5.41, 5.74) is 1.46. The highest BCUT2D eigenvalue weighted by molar-refractivity contribution is 5.85. The van der Waals surface area contributed by atoms with Crippen LogP contribution in [0.4, 0.5) is 0 Å². The number of unbranched alkanes of at least 4 members (excludes halogenated alkanes) is 1. The van der Waals surface area contributed by atoms with Crippen molar-refractivity contribution in [3.63, 3.8) is 0 Å². The summed E-state index contributed by atoms with van der Waals surface area (Å²) in [6.45, 7) is 2.23. The molecule has 0 unspecified atom stereocenters. The zero-order valence-electron chi connectivity index (χ0n) is 6.92. The molecule has 0 spiro atoms. The van der Waals surface area contributed by atoms with Gasteiger partial charge >= 0.3 is 0 Å². The fraction of sp³-hybridized carbons (Fsp3) is 0.400. The summed E-state index contributed by atoms with van der Waals surface area (Å²) in [5, 5.41) is 0. The zero-order chi connectivity index (χ0) is 7.23. The molecule has 0 atom stereocenters. The second-order valence-corrected chi connectivity index (χ2v) is 2.59. The van der Waals surface area contributed by atoms with Crippen molar-refractivity contribution < 1.29 is 0 Å². The van der Waals surface area contributed by atoms with Crippen LogP contribution in [0.2, 0.25) is 0 Å². The van der Waals surface area contributed by atoms with Crippen LogP contribution < -0.4 is 0 Å². The molecule has 0 amide bonds. The van der Waals surface area contributed by atoms with Gasteiger partial charge in [0.1, 0.15) is 0 Å². The van der Waals surface area contributed by atoms with E-state index in [2.05, 4.69) is 37.3 Å². The second kappa shape index (κ2) is 6.23. The van der Waals surface area contributed by atoms with Gasteiger partial charge in [-0.3, -0.25) is 0 Å². The Labute approximate surface area is 75.0 Å². The first kappa shape index (κ1) is 10.5. The SMILES string of the molecule is CCCCc1ccccc1.Cl. The fourth-order valence-electron chi connectivity index (χ4n) is 1.03. The highest BCUT2D eigenvalue weighted by Crippen LogP contribution is 2.03. The molecule has 0 nitrogen and oxygen atoms in total. The minimum absolute atomic E-state index is 0. The highest BCUT2D eigenvalue weighted by Gasteiger charge is 1.87. The third-order valence-electron chi connectivity index (χ3n) is 1.66. The normalized spacial score (nSPS) is 8.82. The second-order valence-electron chi connectivity index (χ2n) is 2.59. The summed E-state index contributed by atoms with van der Waals surface area (Å²) in [6, 6.07) is 10.6. The monoisotopic (exact) mass is 170 g/mol.